The van der Waals surface area contributed by atoms with Crippen LogP contribution in [0.25, 0.3) is 17.1 Å². The van der Waals surface area contributed by atoms with Crippen LogP contribution >= 0.6 is 46.6 Å². The second-order valence-electron chi connectivity index (χ2n) is 6.80. The lowest BCUT2D eigenvalue weighted by molar-refractivity contribution is -0.110. The number of carbonyl (C=O) groups excluding carboxylic acids is 1. The first-order valence-electron chi connectivity index (χ1n) is 9.66. The van der Waals surface area contributed by atoms with Gasteiger partial charge in [-0.05, 0) is 60.3 Å². The summed E-state index contributed by atoms with van der Waals surface area (Å²) in [5.74, 6) is 0.277. The van der Waals surface area contributed by atoms with Gasteiger partial charge in [-0.25, -0.2) is 0 Å². The van der Waals surface area contributed by atoms with E-state index in [0.29, 0.717) is 37.3 Å². The molecule has 10 heteroatoms. The molecule has 4 aromatic rings. The Morgan fingerprint density at radius 1 is 0.939 bits per heavy atom. The maximum absolute atomic E-state index is 12.3. The Labute approximate surface area is 209 Å². The van der Waals surface area contributed by atoms with Gasteiger partial charge in [0.1, 0.15) is 0 Å². The Bertz CT molecular complexity index is 1340. The Morgan fingerprint density at radius 2 is 1.70 bits per heavy atom. The number of halogens is 3. The molecule has 166 valence electrons. The Morgan fingerprint density at radius 3 is 2.39 bits per heavy atom. The molecule has 0 radical (unpaired) electrons. The lowest BCUT2D eigenvalue weighted by Crippen LogP contribution is -2.10. The number of hydrazone groups is 1. The van der Waals surface area contributed by atoms with Crippen molar-refractivity contribution in [1.29, 1.82) is 0 Å². The summed E-state index contributed by atoms with van der Waals surface area (Å²) < 4.78 is 1.82. The minimum absolute atomic E-state index is 0.202. The van der Waals surface area contributed by atoms with Gasteiger partial charge < -0.3 is 0 Å². The van der Waals surface area contributed by atoms with Crippen molar-refractivity contribution < 1.29 is 4.79 Å². The lowest BCUT2D eigenvalue weighted by atomic mass is 10.2. The highest BCUT2D eigenvalue weighted by Crippen LogP contribution is 2.34. The van der Waals surface area contributed by atoms with Crippen LogP contribution in [0, 0.1) is 0 Å². The van der Waals surface area contributed by atoms with Gasteiger partial charge in [-0.2, -0.15) is 5.10 Å². The van der Waals surface area contributed by atoms with Crippen LogP contribution in [-0.4, -0.2) is 25.6 Å². The molecule has 4 rings (SSSR count). The molecule has 1 N–H and O–H groups in total. The molecule has 0 saturated carbocycles. The normalized spacial score (nSPS) is 11.5. The van der Waals surface area contributed by atoms with E-state index in [1.165, 1.54) is 6.92 Å². The first-order chi connectivity index (χ1) is 15.9. The number of anilines is 1. The molecular formula is C23H16Cl3N5OS. The van der Waals surface area contributed by atoms with Crippen LogP contribution < -0.4 is 5.43 Å². The summed E-state index contributed by atoms with van der Waals surface area (Å²) in [7, 11) is 0. The van der Waals surface area contributed by atoms with Crippen molar-refractivity contribution in [3.8, 4) is 17.1 Å². The average Bonchev–Trinajstić information content (AvgIpc) is 3.20. The van der Waals surface area contributed by atoms with Crippen molar-refractivity contribution in [2.24, 2.45) is 5.10 Å². The van der Waals surface area contributed by atoms with Crippen molar-refractivity contribution in [3.05, 3.63) is 87.9 Å². The minimum Gasteiger partial charge on any atom is -0.292 e. The SMILES string of the molecule is CC(=O)/C(=N/Nc1cccc(Cl)c1)Sc1nnc(-c2ccc(Cl)cc2Cl)n1-c1ccccc1. The molecule has 1 heterocycles. The Kier molecular flexibility index (Phi) is 7.35. The summed E-state index contributed by atoms with van der Waals surface area (Å²) >= 11 is 19.6. The first kappa shape index (κ1) is 23.3. The maximum atomic E-state index is 12.3. The quantitative estimate of drug-likeness (QED) is 0.129. The van der Waals surface area contributed by atoms with Gasteiger partial charge in [0.15, 0.2) is 16.7 Å². The summed E-state index contributed by atoms with van der Waals surface area (Å²) in [4.78, 5) is 12.3. The molecule has 0 aliphatic carbocycles. The van der Waals surface area contributed by atoms with Crippen molar-refractivity contribution in [2.75, 3.05) is 5.43 Å². The number of ketones is 1. The van der Waals surface area contributed by atoms with Gasteiger partial charge in [-0.15, -0.1) is 10.2 Å². The van der Waals surface area contributed by atoms with E-state index in [4.69, 9.17) is 34.8 Å². The van der Waals surface area contributed by atoms with Crippen LogP contribution in [0.1, 0.15) is 6.92 Å². The van der Waals surface area contributed by atoms with E-state index >= 15 is 0 Å². The standard InChI is InChI=1S/C23H16Cl3N5OS/c1-14(32)22(29-27-17-7-5-6-15(24)12-17)33-23-30-28-21(19-11-10-16(25)13-20(19)26)31(23)18-8-3-2-4-9-18/h2-13,27H,1H3/b29-22-. The summed E-state index contributed by atoms with van der Waals surface area (Å²) in [6.45, 7) is 1.44. The topological polar surface area (TPSA) is 72.2 Å². The fraction of sp³-hybridized carbons (Fsp3) is 0.0435. The van der Waals surface area contributed by atoms with E-state index in [-0.39, 0.29) is 10.8 Å². The zero-order valence-corrected chi connectivity index (χ0v) is 20.3. The number of hydrogen-bond acceptors (Lipinski definition) is 6. The van der Waals surface area contributed by atoms with Crippen molar-refractivity contribution in [3.63, 3.8) is 0 Å². The predicted molar refractivity (Wildman–Crippen MR) is 136 cm³/mol. The van der Waals surface area contributed by atoms with Crippen LogP contribution in [0.4, 0.5) is 5.69 Å². The van der Waals surface area contributed by atoms with E-state index in [1.807, 2.05) is 34.9 Å². The third-order valence-corrected chi connectivity index (χ3v) is 6.22. The number of nitrogens with zero attached hydrogens (tertiary/aromatic N) is 4. The van der Waals surface area contributed by atoms with Crippen LogP contribution in [0.3, 0.4) is 0 Å². The van der Waals surface area contributed by atoms with Gasteiger partial charge in [0.2, 0.25) is 5.16 Å². The number of thioether (sulfide) groups is 1. The van der Waals surface area contributed by atoms with Crippen LogP contribution in [-0.2, 0) is 4.79 Å². The highest BCUT2D eigenvalue weighted by molar-refractivity contribution is 8.15. The molecule has 6 nitrogen and oxygen atoms in total. The summed E-state index contributed by atoms with van der Waals surface area (Å²) in [5, 5.41) is 15.1. The second-order valence-corrected chi connectivity index (χ2v) is 9.03. The minimum atomic E-state index is -0.233. The number of nitrogens with one attached hydrogen (secondary N) is 1. The molecule has 0 aliphatic rings. The molecule has 33 heavy (non-hydrogen) atoms. The van der Waals surface area contributed by atoms with Gasteiger partial charge in [0.05, 0.1) is 10.7 Å². The van der Waals surface area contributed by atoms with Gasteiger partial charge in [0, 0.05) is 28.2 Å². The van der Waals surface area contributed by atoms with E-state index < -0.39 is 0 Å². The summed E-state index contributed by atoms with van der Waals surface area (Å²) in [6, 6.07) is 21.7. The number of aromatic nitrogens is 3. The molecule has 0 aliphatic heterocycles. The first-order valence-corrected chi connectivity index (χ1v) is 11.6. The van der Waals surface area contributed by atoms with Crippen molar-refractivity contribution in [2.45, 2.75) is 12.1 Å². The average molecular weight is 517 g/mol. The molecule has 0 amide bonds. The highest BCUT2D eigenvalue weighted by Gasteiger charge is 2.21. The summed E-state index contributed by atoms with van der Waals surface area (Å²) in [5.41, 5.74) is 4.98. The third kappa shape index (κ3) is 5.57. The third-order valence-electron chi connectivity index (χ3n) is 4.42. The largest absolute Gasteiger partial charge is 0.292 e. The molecule has 0 unspecified atom stereocenters. The zero-order chi connectivity index (χ0) is 23.4. The Hall–Kier alpha value is -2.84. The molecule has 0 atom stereocenters. The van der Waals surface area contributed by atoms with E-state index in [2.05, 4.69) is 20.7 Å². The van der Waals surface area contributed by atoms with Crippen molar-refractivity contribution in [1.82, 2.24) is 14.8 Å². The number of para-hydroxylation sites is 1. The lowest BCUT2D eigenvalue weighted by Gasteiger charge is -2.11. The molecule has 0 saturated heterocycles. The molecule has 0 spiro atoms. The van der Waals surface area contributed by atoms with E-state index in [1.54, 1.807) is 42.5 Å². The molecule has 1 aromatic heterocycles. The number of Topliss-reactive ketones (excluding diaryl/α,β-unsaturated/α-hetero) is 1. The van der Waals surface area contributed by atoms with Crippen LogP contribution in [0.5, 0.6) is 0 Å². The molecular weight excluding hydrogens is 501 g/mol. The smallest absolute Gasteiger partial charge is 0.202 e. The molecule has 3 aromatic carbocycles. The van der Waals surface area contributed by atoms with E-state index in [9.17, 15) is 4.79 Å². The van der Waals surface area contributed by atoms with Gasteiger partial charge in [-0.3, -0.25) is 14.8 Å². The van der Waals surface area contributed by atoms with Gasteiger partial charge in [-0.1, -0.05) is 59.1 Å². The fourth-order valence-electron chi connectivity index (χ4n) is 2.92. The van der Waals surface area contributed by atoms with Gasteiger partial charge in [0.25, 0.3) is 0 Å². The van der Waals surface area contributed by atoms with Gasteiger partial charge >= 0.3 is 0 Å². The van der Waals surface area contributed by atoms with Crippen LogP contribution in [0.2, 0.25) is 15.1 Å². The zero-order valence-electron chi connectivity index (χ0n) is 17.2. The second kappa shape index (κ2) is 10.4. The molecule has 0 fully saturated rings. The van der Waals surface area contributed by atoms with Crippen LogP contribution in [0.15, 0.2) is 83.1 Å². The predicted octanol–water partition coefficient (Wildman–Crippen LogP) is 7.00. The van der Waals surface area contributed by atoms with Crippen molar-refractivity contribution >= 4 is 63.1 Å². The number of hydrogen-bond donors (Lipinski definition) is 1. The number of carbonyl (C=O) groups is 1. The molecule has 0 bridgehead atoms. The fourth-order valence-corrected chi connectivity index (χ4v) is 4.38. The van der Waals surface area contributed by atoms with E-state index in [0.717, 1.165) is 17.4 Å². The monoisotopic (exact) mass is 515 g/mol. The maximum Gasteiger partial charge on any atom is 0.202 e. The number of rotatable bonds is 6. The number of benzene rings is 3. The highest BCUT2D eigenvalue weighted by atomic mass is 35.5. The summed E-state index contributed by atoms with van der Waals surface area (Å²) in [6.07, 6.45) is 0. The Balaban J connectivity index is 1.75.